The molecule has 0 saturated heterocycles. The summed E-state index contributed by atoms with van der Waals surface area (Å²) in [6.45, 7) is 0. The summed E-state index contributed by atoms with van der Waals surface area (Å²) in [5, 5.41) is 0. The van der Waals surface area contributed by atoms with E-state index < -0.39 is 0 Å². The molecule has 0 unspecified atom stereocenters. The van der Waals surface area contributed by atoms with Crippen LogP contribution in [-0.4, -0.2) is 14.1 Å². The van der Waals surface area contributed by atoms with Gasteiger partial charge in [0.2, 0.25) is 0 Å². The van der Waals surface area contributed by atoms with Crippen LogP contribution in [0, 0.1) is 0 Å². The number of benzene rings is 2. The highest BCUT2D eigenvalue weighted by molar-refractivity contribution is 5.55. The maximum atomic E-state index is 2.27. The van der Waals surface area contributed by atoms with Gasteiger partial charge < -0.3 is 4.90 Å². The zero-order valence-corrected chi connectivity index (χ0v) is 12.4. The lowest BCUT2D eigenvalue weighted by molar-refractivity contribution is 0.845. The second kappa shape index (κ2) is 7.54. The van der Waals surface area contributed by atoms with Gasteiger partial charge in [0.05, 0.1) is 0 Å². The van der Waals surface area contributed by atoms with Gasteiger partial charge in [0.1, 0.15) is 0 Å². The van der Waals surface area contributed by atoms with E-state index in [4.69, 9.17) is 0 Å². The number of hydrogen-bond acceptors (Lipinski definition) is 1. The maximum absolute atomic E-state index is 2.27. The Bertz CT molecular complexity index is 523. The summed E-state index contributed by atoms with van der Waals surface area (Å²) in [4.78, 5) is 2.12. The third-order valence-corrected chi connectivity index (χ3v) is 3.40. The normalized spacial score (nSPS) is 10.9. The molecule has 0 aromatic heterocycles. The molecular weight excluding hydrogens is 242 g/mol. The van der Waals surface area contributed by atoms with Crippen LogP contribution < -0.4 is 4.90 Å². The summed E-state index contributed by atoms with van der Waals surface area (Å²) in [5.74, 6) is 0. The second-order valence-electron chi connectivity index (χ2n) is 5.27. The number of hydrogen-bond donors (Lipinski definition) is 0. The Morgan fingerprint density at radius 1 is 0.900 bits per heavy atom. The standard InChI is InChI=1S/C19H23N/c1-20(2)19-15-13-18(14-16-19)12-8-4-7-11-17-9-5-3-6-10-17/h3,5-6,8-10,12-16H,4,7,11H2,1-2H3. The number of allylic oxidation sites excluding steroid dienone is 1. The Morgan fingerprint density at radius 2 is 1.60 bits per heavy atom. The van der Waals surface area contributed by atoms with Crippen molar-refractivity contribution >= 4 is 11.8 Å². The van der Waals surface area contributed by atoms with E-state index in [1.54, 1.807) is 0 Å². The predicted octanol–water partition coefficient (Wildman–Crippen LogP) is 4.79. The third kappa shape index (κ3) is 4.58. The van der Waals surface area contributed by atoms with Gasteiger partial charge in [0.25, 0.3) is 0 Å². The largest absolute Gasteiger partial charge is 0.378 e. The molecule has 0 bridgehead atoms. The molecule has 0 radical (unpaired) electrons. The van der Waals surface area contributed by atoms with E-state index in [2.05, 4.69) is 85.7 Å². The molecule has 20 heavy (non-hydrogen) atoms. The monoisotopic (exact) mass is 265 g/mol. The number of unbranched alkanes of at least 4 members (excludes halogenated alkanes) is 1. The lowest BCUT2D eigenvalue weighted by atomic mass is 10.1. The lowest BCUT2D eigenvalue weighted by Gasteiger charge is -2.11. The topological polar surface area (TPSA) is 3.24 Å². The van der Waals surface area contributed by atoms with Crippen LogP contribution in [-0.2, 0) is 6.42 Å². The fourth-order valence-electron chi connectivity index (χ4n) is 2.17. The Balaban J connectivity index is 1.76. The molecule has 1 heteroatoms. The Hall–Kier alpha value is -2.02. The van der Waals surface area contributed by atoms with Crippen molar-refractivity contribution < 1.29 is 0 Å². The highest BCUT2D eigenvalue weighted by Crippen LogP contribution is 2.13. The molecule has 1 nitrogen and oxygen atoms in total. The summed E-state index contributed by atoms with van der Waals surface area (Å²) < 4.78 is 0. The minimum absolute atomic E-state index is 1.13. The zero-order chi connectivity index (χ0) is 14.2. The van der Waals surface area contributed by atoms with Gasteiger partial charge in [-0.25, -0.2) is 0 Å². The Morgan fingerprint density at radius 3 is 2.25 bits per heavy atom. The number of anilines is 1. The molecule has 0 aliphatic heterocycles. The SMILES string of the molecule is CN(C)c1ccc(C=CCCCc2ccccc2)cc1. The van der Waals surface area contributed by atoms with Crippen molar-refractivity contribution in [1.82, 2.24) is 0 Å². The van der Waals surface area contributed by atoms with Crippen LogP contribution >= 0.6 is 0 Å². The van der Waals surface area contributed by atoms with Gasteiger partial charge in [0, 0.05) is 19.8 Å². The predicted molar refractivity (Wildman–Crippen MR) is 89.2 cm³/mol. The molecular formula is C19H23N. The highest BCUT2D eigenvalue weighted by Gasteiger charge is 1.93. The summed E-state index contributed by atoms with van der Waals surface area (Å²) >= 11 is 0. The number of aryl methyl sites for hydroxylation is 1. The van der Waals surface area contributed by atoms with Crippen LogP contribution in [0.25, 0.3) is 6.08 Å². The molecule has 0 fully saturated rings. The van der Waals surface area contributed by atoms with E-state index in [1.807, 2.05) is 0 Å². The number of nitrogens with zero attached hydrogens (tertiary/aromatic N) is 1. The van der Waals surface area contributed by atoms with Crippen molar-refractivity contribution in [2.75, 3.05) is 19.0 Å². The van der Waals surface area contributed by atoms with Crippen molar-refractivity contribution in [2.45, 2.75) is 19.3 Å². The highest BCUT2D eigenvalue weighted by atomic mass is 15.1. The molecule has 2 aromatic carbocycles. The first-order valence-electron chi connectivity index (χ1n) is 7.23. The average Bonchev–Trinajstić information content (AvgIpc) is 2.48. The molecule has 0 atom stereocenters. The first kappa shape index (κ1) is 14.4. The molecule has 0 spiro atoms. The van der Waals surface area contributed by atoms with Crippen LogP contribution in [0.15, 0.2) is 60.7 Å². The van der Waals surface area contributed by atoms with Crippen molar-refractivity contribution in [3.63, 3.8) is 0 Å². The average molecular weight is 265 g/mol. The summed E-state index contributed by atoms with van der Waals surface area (Å²) in [7, 11) is 4.13. The fraction of sp³-hybridized carbons (Fsp3) is 0.263. The van der Waals surface area contributed by atoms with E-state index in [1.165, 1.54) is 23.2 Å². The van der Waals surface area contributed by atoms with Crippen molar-refractivity contribution in [3.05, 3.63) is 71.8 Å². The summed E-state index contributed by atoms with van der Waals surface area (Å²) in [6, 6.07) is 19.3. The summed E-state index contributed by atoms with van der Waals surface area (Å²) in [5.41, 5.74) is 3.94. The van der Waals surface area contributed by atoms with Crippen LogP contribution in [0.2, 0.25) is 0 Å². The van der Waals surface area contributed by atoms with Gasteiger partial charge in [-0.05, 0) is 42.5 Å². The molecule has 0 N–H and O–H groups in total. The molecule has 0 heterocycles. The van der Waals surface area contributed by atoms with Crippen LogP contribution in [0.3, 0.4) is 0 Å². The molecule has 0 aliphatic rings. The van der Waals surface area contributed by atoms with E-state index in [9.17, 15) is 0 Å². The van der Waals surface area contributed by atoms with E-state index in [0.29, 0.717) is 0 Å². The molecule has 2 aromatic rings. The van der Waals surface area contributed by atoms with E-state index >= 15 is 0 Å². The summed E-state index contributed by atoms with van der Waals surface area (Å²) in [6.07, 6.45) is 7.98. The molecule has 0 saturated carbocycles. The van der Waals surface area contributed by atoms with Gasteiger partial charge >= 0.3 is 0 Å². The van der Waals surface area contributed by atoms with Gasteiger partial charge in [-0.15, -0.1) is 0 Å². The van der Waals surface area contributed by atoms with Crippen LogP contribution in [0.5, 0.6) is 0 Å². The van der Waals surface area contributed by atoms with E-state index in [0.717, 1.165) is 12.8 Å². The second-order valence-corrected chi connectivity index (χ2v) is 5.27. The Labute approximate surface area is 122 Å². The van der Waals surface area contributed by atoms with Crippen molar-refractivity contribution in [3.8, 4) is 0 Å². The van der Waals surface area contributed by atoms with Crippen LogP contribution in [0.4, 0.5) is 5.69 Å². The molecule has 0 amide bonds. The minimum atomic E-state index is 1.13. The first-order valence-corrected chi connectivity index (χ1v) is 7.23. The number of rotatable bonds is 6. The van der Waals surface area contributed by atoms with E-state index in [-0.39, 0.29) is 0 Å². The van der Waals surface area contributed by atoms with Crippen LogP contribution in [0.1, 0.15) is 24.0 Å². The minimum Gasteiger partial charge on any atom is -0.378 e. The zero-order valence-electron chi connectivity index (χ0n) is 12.4. The molecule has 2 rings (SSSR count). The third-order valence-electron chi connectivity index (χ3n) is 3.40. The smallest absolute Gasteiger partial charge is 0.0361 e. The molecule has 104 valence electrons. The maximum Gasteiger partial charge on any atom is 0.0361 e. The van der Waals surface area contributed by atoms with Gasteiger partial charge in [-0.1, -0.05) is 54.6 Å². The van der Waals surface area contributed by atoms with Crippen molar-refractivity contribution in [2.24, 2.45) is 0 Å². The fourth-order valence-corrected chi connectivity index (χ4v) is 2.17. The van der Waals surface area contributed by atoms with Gasteiger partial charge in [-0.3, -0.25) is 0 Å². The first-order chi connectivity index (χ1) is 9.75. The lowest BCUT2D eigenvalue weighted by Crippen LogP contribution is -2.07. The quantitative estimate of drug-likeness (QED) is 0.679. The van der Waals surface area contributed by atoms with Gasteiger partial charge in [-0.2, -0.15) is 0 Å². The Kier molecular flexibility index (Phi) is 5.43. The van der Waals surface area contributed by atoms with Gasteiger partial charge in [0.15, 0.2) is 0 Å². The molecule has 0 aliphatic carbocycles. The van der Waals surface area contributed by atoms with Crippen molar-refractivity contribution in [1.29, 1.82) is 0 Å².